The van der Waals surface area contributed by atoms with Crippen LogP contribution >= 0.6 is 11.6 Å². The van der Waals surface area contributed by atoms with Gasteiger partial charge in [-0.25, -0.2) is 4.79 Å². The van der Waals surface area contributed by atoms with E-state index in [0.717, 1.165) is 5.56 Å². The predicted octanol–water partition coefficient (Wildman–Crippen LogP) is 4.08. The standard InChI is InChI=1S/C17H16ClNO3/c1-3-22-17(21)12-5-7-13(8-6-12)19-16(20)14-9-4-11(2)10-15(14)18/h4-10H,3H2,1-2H3,(H,19,20). The van der Waals surface area contributed by atoms with Gasteiger partial charge in [0, 0.05) is 5.69 Å². The van der Waals surface area contributed by atoms with E-state index in [4.69, 9.17) is 16.3 Å². The van der Waals surface area contributed by atoms with Gasteiger partial charge in [0.15, 0.2) is 0 Å². The van der Waals surface area contributed by atoms with Gasteiger partial charge in [-0.3, -0.25) is 4.79 Å². The molecule has 4 nitrogen and oxygen atoms in total. The van der Waals surface area contributed by atoms with E-state index in [1.54, 1.807) is 43.3 Å². The van der Waals surface area contributed by atoms with Crippen LogP contribution in [0, 0.1) is 6.92 Å². The van der Waals surface area contributed by atoms with Gasteiger partial charge in [0.25, 0.3) is 5.91 Å². The van der Waals surface area contributed by atoms with E-state index in [-0.39, 0.29) is 11.9 Å². The van der Waals surface area contributed by atoms with E-state index < -0.39 is 0 Å². The van der Waals surface area contributed by atoms with Crippen LogP contribution in [0.1, 0.15) is 33.2 Å². The second kappa shape index (κ2) is 7.09. The van der Waals surface area contributed by atoms with Gasteiger partial charge in [0.2, 0.25) is 0 Å². The van der Waals surface area contributed by atoms with E-state index in [9.17, 15) is 9.59 Å². The molecule has 114 valence electrons. The maximum Gasteiger partial charge on any atom is 0.338 e. The number of halogens is 1. The Morgan fingerprint density at radius 3 is 2.41 bits per heavy atom. The first-order chi connectivity index (χ1) is 10.5. The molecule has 0 aliphatic carbocycles. The molecule has 0 aliphatic rings. The summed E-state index contributed by atoms with van der Waals surface area (Å²) in [5.41, 5.74) is 2.41. The van der Waals surface area contributed by atoms with Crippen molar-refractivity contribution < 1.29 is 14.3 Å². The molecule has 1 N–H and O–H groups in total. The summed E-state index contributed by atoms with van der Waals surface area (Å²) >= 11 is 6.07. The van der Waals surface area contributed by atoms with Crippen molar-refractivity contribution >= 4 is 29.2 Å². The van der Waals surface area contributed by atoms with Crippen LogP contribution in [0.15, 0.2) is 42.5 Å². The van der Waals surface area contributed by atoms with Crippen molar-refractivity contribution in [3.05, 3.63) is 64.2 Å². The second-order valence-electron chi connectivity index (χ2n) is 4.74. The molecule has 2 aromatic carbocycles. The largest absolute Gasteiger partial charge is 0.462 e. The highest BCUT2D eigenvalue weighted by Gasteiger charge is 2.11. The van der Waals surface area contributed by atoms with Gasteiger partial charge in [-0.2, -0.15) is 0 Å². The number of carbonyl (C=O) groups excluding carboxylic acids is 2. The van der Waals surface area contributed by atoms with Crippen molar-refractivity contribution in [1.82, 2.24) is 0 Å². The lowest BCUT2D eigenvalue weighted by atomic mass is 10.1. The zero-order chi connectivity index (χ0) is 16.1. The minimum atomic E-state index is -0.387. The molecule has 2 rings (SSSR count). The number of aryl methyl sites for hydroxylation is 1. The van der Waals surface area contributed by atoms with E-state index in [0.29, 0.717) is 28.4 Å². The first-order valence-electron chi connectivity index (χ1n) is 6.86. The Hall–Kier alpha value is -2.33. The van der Waals surface area contributed by atoms with Crippen LogP contribution in [-0.4, -0.2) is 18.5 Å². The lowest BCUT2D eigenvalue weighted by molar-refractivity contribution is 0.0526. The van der Waals surface area contributed by atoms with Crippen LogP contribution in [0.5, 0.6) is 0 Å². The molecule has 0 unspecified atom stereocenters. The van der Waals surface area contributed by atoms with Crippen molar-refractivity contribution in [2.24, 2.45) is 0 Å². The third kappa shape index (κ3) is 3.86. The first-order valence-corrected chi connectivity index (χ1v) is 7.23. The summed E-state index contributed by atoms with van der Waals surface area (Å²) in [7, 11) is 0. The monoisotopic (exact) mass is 317 g/mol. The molecule has 5 heteroatoms. The summed E-state index contributed by atoms with van der Waals surface area (Å²) in [6, 6.07) is 11.7. The highest BCUT2D eigenvalue weighted by molar-refractivity contribution is 6.34. The number of rotatable bonds is 4. The number of amides is 1. The van der Waals surface area contributed by atoms with Crippen LogP contribution in [0.3, 0.4) is 0 Å². The molecule has 22 heavy (non-hydrogen) atoms. The number of carbonyl (C=O) groups is 2. The van der Waals surface area contributed by atoms with Crippen LogP contribution in [0.4, 0.5) is 5.69 Å². The minimum Gasteiger partial charge on any atom is -0.462 e. The third-order valence-corrected chi connectivity index (χ3v) is 3.34. The molecule has 0 atom stereocenters. The van der Waals surface area contributed by atoms with Crippen LogP contribution < -0.4 is 5.32 Å². The zero-order valence-corrected chi connectivity index (χ0v) is 13.1. The number of esters is 1. The van der Waals surface area contributed by atoms with Crippen molar-refractivity contribution in [3.8, 4) is 0 Å². The van der Waals surface area contributed by atoms with Gasteiger partial charge >= 0.3 is 5.97 Å². The fourth-order valence-electron chi connectivity index (χ4n) is 1.91. The Kier molecular flexibility index (Phi) is 5.17. The molecule has 0 saturated carbocycles. The summed E-state index contributed by atoms with van der Waals surface area (Å²) in [6.07, 6.45) is 0. The number of nitrogens with one attached hydrogen (secondary N) is 1. The lowest BCUT2D eigenvalue weighted by Gasteiger charge is -2.08. The van der Waals surface area contributed by atoms with E-state index in [2.05, 4.69) is 5.32 Å². The van der Waals surface area contributed by atoms with Gasteiger partial charge in [0.1, 0.15) is 0 Å². The summed E-state index contributed by atoms with van der Waals surface area (Å²) in [6.45, 7) is 3.97. The highest BCUT2D eigenvalue weighted by atomic mass is 35.5. The molecule has 0 radical (unpaired) electrons. The molecule has 2 aromatic rings. The fourth-order valence-corrected chi connectivity index (χ4v) is 2.23. The second-order valence-corrected chi connectivity index (χ2v) is 5.14. The molecular weight excluding hydrogens is 302 g/mol. The van der Waals surface area contributed by atoms with Crippen molar-refractivity contribution in [2.45, 2.75) is 13.8 Å². The molecule has 0 fully saturated rings. The third-order valence-electron chi connectivity index (χ3n) is 3.02. The van der Waals surface area contributed by atoms with Gasteiger partial charge in [0.05, 0.1) is 22.8 Å². The number of hydrogen-bond donors (Lipinski definition) is 1. The van der Waals surface area contributed by atoms with Crippen LogP contribution in [-0.2, 0) is 4.74 Å². The smallest absolute Gasteiger partial charge is 0.338 e. The molecule has 0 saturated heterocycles. The Bertz CT molecular complexity index is 696. The summed E-state index contributed by atoms with van der Waals surface area (Å²) in [5, 5.41) is 3.14. The maximum atomic E-state index is 12.2. The van der Waals surface area contributed by atoms with Gasteiger partial charge < -0.3 is 10.1 Å². The molecular formula is C17H16ClNO3. The fraction of sp³-hybridized carbons (Fsp3) is 0.176. The van der Waals surface area contributed by atoms with Gasteiger partial charge in [-0.1, -0.05) is 17.7 Å². The topological polar surface area (TPSA) is 55.4 Å². The average molecular weight is 318 g/mol. The SMILES string of the molecule is CCOC(=O)c1ccc(NC(=O)c2ccc(C)cc2Cl)cc1. The molecule has 0 aliphatic heterocycles. The van der Waals surface area contributed by atoms with Crippen LogP contribution in [0.25, 0.3) is 0 Å². The van der Waals surface area contributed by atoms with E-state index >= 15 is 0 Å². The quantitative estimate of drug-likeness (QED) is 0.864. The zero-order valence-electron chi connectivity index (χ0n) is 12.4. The predicted molar refractivity (Wildman–Crippen MR) is 86.5 cm³/mol. The Morgan fingerprint density at radius 2 is 1.82 bits per heavy atom. The number of ether oxygens (including phenoxy) is 1. The molecule has 1 amide bonds. The van der Waals surface area contributed by atoms with Gasteiger partial charge in [-0.05, 0) is 55.8 Å². The van der Waals surface area contributed by atoms with Crippen LogP contribution in [0.2, 0.25) is 5.02 Å². The maximum absolute atomic E-state index is 12.2. The molecule has 0 spiro atoms. The Labute approximate surface area is 134 Å². The number of benzene rings is 2. The first kappa shape index (κ1) is 16.0. The molecule has 0 aromatic heterocycles. The van der Waals surface area contributed by atoms with Crippen molar-refractivity contribution in [2.75, 3.05) is 11.9 Å². The molecule has 0 heterocycles. The number of hydrogen-bond acceptors (Lipinski definition) is 3. The molecule has 0 bridgehead atoms. The van der Waals surface area contributed by atoms with E-state index in [1.807, 2.05) is 13.0 Å². The lowest BCUT2D eigenvalue weighted by Crippen LogP contribution is -2.13. The summed E-state index contributed by atoms with van der Waals surface area (Å²) < 4.78 is 4.90. The average Bonchev–Trinajstić information content (AvgIpc) is 2.48. The summed E-state index contributed by atoms with van der Waals surface area (Å²) in [5.74, 6) is -0.684. The Morgan fingerprint density at radius 1 is 1.14 bits per heavy atom. The van der Waals surface area contributed by atoms with Crippen molar-refractivity contribution in [3.63, 3.8) is 0 Å². The van der Waals surface area contributed by atoms with Crippen molar-refractivity contribution in [1.29, 1.82) is 0 Å². The summed E-state index contributed by atoms with van der Waals surface area (Å²) in [4.78, 5) is 23.7. The number of anilines is 1. The highest BCUT2D eigenvalue weighted by Crippen LogP contribution is 2.19. The van der Waals surface area contributed by atoms with Gasteiger partial charge in [-0.15, -0.1) is 0 Å². The minimum absolute atomic E-state index is 0.297. The Balaban J connectivity index is 2.10. The van der Waals surface area contributed by atoms with E-state index in [1.165, 1.54) is 0 Å². The normalized spacial score (nSPS) is 10.1.